The maximum Gasteiger partial charge on any atom is 0.177 e. The molecule has 0 fully saturated rings. The summed E-state index contributed by atoms with van der Waals surface area (Å²) < 4.78 is 5.58. The zero-order valence-corrected chi connectivity index (χ0v) is 9.67. The van der Waals surface area contributed by atoms with Crippen molar-refractivity contribution < 1.29 is 14.6 Å². The predicted octanol–water partition coefficient (Wildman–Crippen LogP) is 2.75. The Bertz CT molecular complexity index is 604. The number of phenols is 1. The lowest BCUT2D eigenvalue weighted by Gasteiger charge is -2.24. The number of ketones is 1. The minimum atomic E-state index is -0.430. The molecule has 0 radical (unpaired) electrons. The molecule has 0 bridgehead atoms. The van der Waals surface area contributed by atoms with Crippen molar-refractivity contribution >= 4 is 5.78 Å². The molecule has 3 nitrogen and oxygen atoms in total. The summed E-state index contributed by atoms with van der Waals surface area (Å²) in [6, 6.07) is 14.1. The van der Waals surface area contributed by atoms with Crippen LogP contribution in [0.25, 0.3) is 0 Å². The normalized spacial score (nSPS) is 18.0. The molecule has 2 aromatic rings. The second kappa shape index (κ2) is 4.18. The molecule has 1 aliphatic rings. The van der Waals surface area contributed by atoms with E-state index >= 15 is 0 Å². The number of hydrogen-bond acceptors (Lipinski definition) is 3. The summed E-state index contributed by atoms with van der Waals surface area (Å²) >= 11 is 0. The predicted molar refractivity (Wildman–Crippen MR) is 67.1 cm³/mol. The van der Waals surface area contributed by atoms with Gasteiger partial charge in [0, 0.05) is 5.56 Å². The Balaban J connectivity index is 2.03. The van der Waals surface area contributed by atoms with Crippen LogP contribution >= 0.6 is 0 Å². The number of para-hydroxylation sites is 2. The van der Waals surface area contributed by atoms with Crippen molar-refractivity contribution in [1.82, 2.24) is 0 Å². The van der Waals surface area contributed by atoms with E-state index in [1.54, 1.807) is 30.3 Å². The molecular weight excluding hydrogens is 228 g/mol. The van der Waals surface area contributed by atoms with Crippen molar-refractivity contribution in [1.29, 1.82) is 0 Å². The Morgan fingerprint density at radius 3 is 2.61 bits per heavy atom. The zero-order chi connectivity index (χ0) is 12.5. The Kier molecular flexibility index (Phi) is 2.52. The lowest BCUT2D eigenvalue weighted by molar-refractivity contribution is 0.0894. The molecule has 18 heavy (non-hydrogen) atoms. The first kappa shape index (κ1) is 10.8. The SMILES string of the molecule is O=C1c2ccccc2OC[C@H]1c1ccccc1O. The highest BCUT2D eigenvalue weighted by Crippen LogP contribution is 2.35. The highest BCUT2D eigenvalue weighted by Gasteiger charge is 2.31. The highest BCUT2D eigenvalue weighted by molar-refractivity contribution is 6.04. The largest absolute Gasteiger partial charge is 0.508 e. The molecule has 3 heteroatoms. The van der Waals surface area contributed by atoms with Crippen molar-refractivity contribution in [2.45, 2.75) is 5.92 Å². The van der Waals surface area contributed by atoms with Crippen LogP contribution in [0.1, 0.15) is 21.8 Å². The average molecular weight is 240 g/mol. The van der Waals surface area contributed by atoms with Crippen molar-refractivity contribution in [3.63, 3.8) is 0 Å². The van der Waals surface area contributed by atoms with Gasteiger partial charge in [-0.3, -0.25) is 4.79 Å². The number of carbonyl (C=O) groups excluding carboxylic acids is 1. The van der Waals surface area contributed by atoms with Gasteiger partial charge in [0.25, 0.3) is 0 Å². The Labute approximate surface area is 105 Å². The van der Waals surface area contributed by atoms with E-state index in [-0.39, 0.29) is 18.1 Å². The van der Waals surface area contributed by atoms with Crippen LogP contribution < -0.4 is 4.74 Å². The first-order chi connectivity index (χ1) is 8.77. The van der Waals surface area contributed by atoms with Gasteiger partial charge >= 0.3 is 0 Å². The van der Waals surface area contributed by atoms with Gasteiger partial charge in [0.15, 0.2) is 5.78 Å². The third kappa shape index (κ3) is 1.64. The third-order valence-electron chi connectivity index (χ3n) is 3.19. The third-order valence-corrected chi connectivity index (χ3v) is 3.19. The van der Waals surface area contributed by atoms with Gasteiger partial charge in [-0.05, 0) is 18.2 Å². The number of rotatable bonds is 1. The number of phenolic OH excluding ortho intramolecular Hbond substituents is 1. The van der Waals surface area contributed by atoms with Crippen LogP contribution in [0.15, 0.2) is 48.5 Å². The Morgan fingerprint density at radius 1 is 1.06 bits per heavy atom. The fourth-order valence-electron chi connectivity index (χ4n) is 2.25. The second-order valence-electron chi connectivity index (χ2n) is 4.28. The fraction of sp³-hybridized carbons (Fsp3) is 0.133. The van der Waals surface area contributed by atoms with E-state index in [4.69, 9.17) is 4.74 Å². The van der Waals surface area contributed by atoms with Crippen LogP contribution in [0.5, 0.6) is 11.5 Å². The summed E-state index contributed by atoms with van der Waals surface area (Å²) in [7, 11) is 0. The number of benzene rings is 2. The van der Waals surface area contributed by atoms with E-state index in [1.807, 2.05) is 18.2 Å². The smallest absolute Gasteiger partial charge is 0.177 e. The summed E-state index contributed by atoms with van der Waals surface area (Å²) in [6.45, 7) is 0.271. The van der Waals surface area contributed by atoms with E-state index in [2.05, 4.69) is 0 Å². The second-order valence-corrected chi connectivity index (χ2v) is 4.28. The molecule has 3 rings (SSSR count). The molecule has 90 valence electrons. The molecule has 0 aromatic heterocycles. The number of Topliss-reactive ketones (excluding diaryl/α,β-unsaturated/α-hetero) is 1. The quantitative estimate of drug-likeness (QED) is 0.833. The highest BCUT2D eigenvalue weighted by atomic mass is 16.5. The van der Waals surface area contributed by atoms with Gasteiger partial charge in [0.05, 0.1) is 11.5 Å². The van der Waals surface area contributed by atoms with Crippen molar-refractivity contribution in [3.05, 3.63) is 59.7 Å². The molecule has 0 amide bonds. The maximum absolute atomic E-state index is 12.4. The first-order valence-corrected chi connectivity index (χ1v) is 5.81. The molecule has 1 N–H and O–H groups in total. The Morgan fingerprint density at radius 2 is 1.78 bits per heavy atom. The van der Waals surface area contributed by atoms with Gasteiger partial charge < -0.3 is 9.84 Å². The van der Waals surface area contributed by atoms with Crippen LogP contribution in [0.2, 0.25) is 0 Å². The van der Waals surface area contributed by atoms with Crippen LogP contribution in [0.4, 0.5) is 0 Å². The molecule has 0 saturated heterocycles. The van der Waals surface area contributed by atoms with Gasteiger partial charge in [0.2, 0.25) is 0 Å². The standard InChI is InChI=1S/C15H12O3/c16-13-7-3-1-5-10(13)12-9-18-14-8-4-2-6-11(14)15(12)17/h1-8,12,16H,9H2/t12-/m0/s1. The van der Waals surface area contributed by atoms with Gasteiger partial charge in [-0.15, -0.1) is 0 Å². The molecule has 0 saturated carbocycles. The molecule has 0 aliphatic carbocycles. The van der Waals surface area contributed by atoms with E-state index in [9.17, 15) is 9.90 Å². The number of carbonyl (C=O) groups is 1. The van der Waals surface area contributed by atoms with Gasteiger partial charge in [0.1, 0.15) is 18.1 Å². The van der Waals surface area contributed by atoms with Crippen LogP contribution in [-0.2, 0) is 0 Å². The lowest BCUT2D eigenvalue weighted by atomic mass is 9.88. The van der Waals surface area contributed by atoms with Crippen molar-refractivity contribution in [2.24, 2.45) is 0 Å². The summed E-state index contributed by atoms with van der Waals surface area (Å²) in [5.74, 6) is 0.326. The summed E-state index contributed by atoms with van der Waals surface area (Å²) in [6.07, 6.45) is 0. The molecule has 1 atom stereocenters. The van der Waals surface area contributed by atoms with E-state index in [1.165, 1.54) is 0 Å². The molecule has 0 unspecified atom stereocenters. The molecule has 1 heterocycles. The van der Waals surface area contributed by atoms with Crippen molar-refractivity contribution in [3.8, 4) is 11.5 Å². The topological polar surface area (TPSA) is 46.5 Å². The number of hydrogen-bond donors (Lipinski definition) is 1. The molecule has 0 spiro atoms. The molecule has 2 aromatic carbocycles. The van der Waals surface area contributed by atoms with Crippen LogP contribution in [0, 0.1) is 0 Å². The number of aromatic hydroxyl groups is 1. The first-order valence-electron chi connectivity index (χ1n) is 5.81. The lowest BCUT2D eigenvalue weighted by Crippen LogP contribution is -2.25. The number of fused-ring (bicyclic) bond motifs is 1. The van der Waals surface area contributed by atoms with E-state index in [0.717, 1.165) is 0 Å². The fourth-order valence-corrected chi connectivity index (χ4v) is 2.25. The average Bonchev–Trinajstić information content (AvgIpc) is 2.41. The van der Waals surface area contributed by atoms with Gasteiger partial charge in [-0.25, -0.2) is 0 Å². The van der Waals surface area contributed by atoms with Crippen molar-refractivity contribution in [2.75, 3.05) is 6.61 Å². The van der Waals surface area contributed by atoms with E-state index < -0.39 is 5.92 Å². The minimum absolute atomic E-state index is 0.00153. The van der Waals surface area contributed by atoms with E-state index in [0.29, 0.717) is 16.9 Å². The van der Waals surface area contributed by atoms with Crippen LogP contribution in [0.3, 0.4) is 0 Å². The van der Waals surface area contributed by atoms with Gasteiger partial charge in [-0.1, -0.05) is 30.3 Å². The summed E-state index contributed by atoms with van der Waals surface area (Å²) in [5.41, 5.74) is 1.20. The van der Waals surface area contributed by atoms with Gasteiger partial charge in [-0.2, -0.15) is 0 Å². The number of ether oxygens (including phenoxy) is 1. The molecule has 1 aliphatic heterocycles. The maximum atomic E-state index is 12.4. The Hall–Kier alpha value is -2.29. The molecular formula is C15H12O3. The summed E-state index contributed by atoms with van der Waals surface area (Å²) in [5, 5.41) is 9.82. The summed E-state index contributed by atoms with van der Waals surface area (Å²) in [4.78, 5) is 12.4. The minimum Gasteiger partial charge on any atom is -0.508 e. The van der Waals surface area contributed by atoms with Crippen LogP contribution in [-0.4, -0.2) is 17.5 Å². The monoisotopic (exact) mass is 240 g/mol. The zero-order valence-electron chi connectivity index (χ0n) is 9.67.